The van der Waals surface area contributed by atoms with Gasteiger partial charge in [0.05, 0.1) is 17.1 Å². The third-order valence-corrected chi connectivity index (χ3v) is 4.08. The SMILES string of the molecule is C[C@@H](N[C@@H]1C=C[C@H](CO)C1)c1nc2ccccc2n1C. The van der Waals surface area contributed by atoms with Crippen molar-refractivity contribution in [3.05, 3.63) is 42.2 Å². The minimum Gasteiger partial charge on any atom is -0.396 e. The molecule has 2 aromatic rings. The van der Waals surface area contributed by atoms with Crippen LogP contribution in [0.25, 0.3) is 11.0 Å². The van der Waals surface area contributed by atoms with Crippen molar-refractivity contribution in [2.75, 3.05) is 6.61 Å². The molecule has 0 fully saturated rings. The van der Waals surface area contributed by atoms with Crippen molar-refractivity contribution in [2.45, 2.75) is 25.4 Å². The quantitative estimate of drug-likeness (QED) is 0.838. The Morgan fingerprint density at radius 3 is 2.90 bits per heavy atom. The Bertz CT molecular complexity index is 632. The summed E-state index contributed by atoms with van der Waals surface area (Å²) in [5.41, 5.74) is 2.19. The molecule has 0 radical (unpaired) electrons. The Hall–Kier alpha value is -1.65. The van der Waals surface area contributed by atoms with Crippen molar-refractivity contribution in [1.29, 1.82) is 0 Å². The van der Waals surface area contributed by atoms with Gasteiger partial charge in [-0.15, -0.1) is 0 Å². The molecule has 1 aliphatic rings. The van der Waals surface area contributed by atoms with Crippen LogP contribution in [0.2, 0.25) is 0 Å². The molecule has 0 unspecified atom stereocenters. The largest absolute Gasteiger partial charge is 0.396 e. The van der Waals surface area contributed by atoms with E-state index in [2.05, 4.69) is 42.1 Å². The maximum atomic E-state index is 9.18. The van der Waals surface area contributed by atoms with E-state index in [1.165, 1.54) is 0 Å². The number of aliphatic hydroxyl groups excluding tert-OH is 1. The number of imidazole rings is 1. The molecule has 0 saturated carbocycles. The van der Waals surface area contributed by atoms with E-state index in [9.17, 15) is 5.11 Å². The number of nitrogens with one attached hydrogen (secondary N) is 1. The van der Waals surface area contributed by atoms with Gasteiger partial charge >= 0.3 is 0 Å². The first-order valence-electron chi connectivity index (χ1n) is 7.15. The summed E-state index contributed by atoms with van der Waals surface area (Å²) in [5, 5.41) is 12.8. The highest BCUT2D eigenvalue weighted by Crippen LogP contribution is 2.23. The smallest absolute Gasteiger partial charge is 0.126 e. The Balaban J connectivity index is 1.77. The van der Waals surface area contributed by atoms with Crippen molar-refractivity contribution in [3.63, 3.8) is 0 Å². The molecule has 1 aromatic carbocycles. The average Bonchev–Trinajstić information content (AvgIpc) is 3.04. The molecule has 1 aromatic heterocycles. The molecule has 4 nitrogen and oxygen atoms in total. The van der Waals surface area contributed by atoms with Crippen LogP contribution in [0.1, 0.15) is 25.2 Å². The molecular weight excluding hydrogens is 250 g/mol. The van der Waals surface area contributed by atoms with Crippen molar-refractivity contribution in [2.24, 2.45) is 13.0 Å². The summed E-state index contributed by atoms with van der Waals surface area (Å²) >= 11 is 0. The number of nitrogens with zero attached hydrogens (tertiary/aromatic N) is 2. The lowest BCUT2D eigenvalue weighted by Crippen LogP contribution is -2.30. The second-order valence-corrected chi connectivity index (χ2v) is 5.58. The minimum atomic E-state index is 0.180. The molecule has 1 aliphatic carbocycles. The second kappa shape index (κ2) is 5.38. The van der Waals surface area contributed by atoms with Crippen LogP contribution in [-0.2, 0) is 7.05 Å². The summed E-state index contributed by atoms with van der Waals surface area (Å²) in [7, 11) is 2.06. The lowest BCUT2D eigenvalue weighted by atomic mass is 10.1. The predicted octanol–water partition coefficient (Wildman–Crippen LogP) is 2.16. The summed E-state index contributed by atoms with van der Waals surface area (Å²) in [6.07, 6.45) is 5.21. The fourth-order valence-electron chi connectivity index (χ4n) is 2.98. The third kappa shape index (κ3) is 2.37. The number of hydrogen-bond acceptors (Lipinski definition) is 3. The fraction of sp³-hybridized carbons (Fsp3) is 0.438. The van der Waals surface area contributed by atoms with Crippen LogP contribution >= 0.6 is 0 Å². The van der Waals surface area contributed by atoms with Crippen LogP contribution in [0, 0.1) is 5.92 Å². The maximum Gasteiger partial charge on any atom is 0.126 e. The van der Waals surface area contributed by atoms with Crippen LogP contribution in [0.4, 0.5) is 0 Å². The van der Waals surface area contributed by atoms with E-state index in [0.29, 0.717) is 12.0 Å². The van der Waals surface area contributed by atoms with E-state index in [1.54, 1.807) is 0 Å². The zero-order valence-corrected chi connectivity index (χ0v) is 12.0. The zero-order valence-electron chi connectivity index (χ0n) is 12.0. The number of rotatable bonds is 4. The van der Waals surface area contributed by atoms with Gasteiger partial charge in [0.2, 0.25) is 0 Å². The molecule has 3 rings (SSSR count). The van der Waals surface area contributed by atoms with Gasteiger partial charge in [0.25, 0.3) is 0 Å². The molecule has 0 aliphatic heterocycles. The summed E-state index contributed by atoms with van der Waals surface area (Å²) in [6, 6.07) is 8.69. The Labute approximate surface area is 119 Å². The summed E-state index contributed by atoms with van der Waals surface area (Å²) in [4.78, 5) is 4.72. The minimum absolute atomic E-state index is 0.180. The number of aliphatic hydroxyl groups is 1. The highest BCUT2D eigenvalue weighted by molar-refractivity contribution is 5.75. The number of hydrogen-bond donors (Lipinski definition) is 2. The van der Waals surface area contributed by atoms with Crippen molar-refractivity contribution in [3.8, 4) is 0 Å². The van der Waals surface area contributed by atoms with Gasteiger partial charge in [-0.25, -0.2) is 4.98 Å². The van der Waals surface area contributed by atoms with Crippen molar-refractivity contribution >= 4 is 11.0 Å². The number of aromatic nitrogens is 2. The average molecular weight is 271 g/mol. The Kier molecular flexibility index (Phi) is 3.59. The fourth-order valence-corrected chi connectivity index (χ4v) is 2.98. The highest BCUT2D eigenvalue weighted by Gasteiger charge is 2.22. The summed E-state index contributed by atoms with van der Waals surface area (Å²) < 4.78 is 2.15. The maximum absolute atomic E-state index is 9.18. The predicted molar refractivity (Wildman–Crippen MR) is 80.4 cm³/mol. The van der Waals surface area contributed by atoms with Gasteiger partial charge in [-0.3, -0.25) is 0 Å². The van der Waals surface area contributed by atoms with E-state index in [4.69, 9.17) is 4.98 Å². The van der Waals surface area contributed by atoms with Gasteiger partial charge < -0.3 is 15.0 Å². The van der Waals surface area contributed by atoms with Gasteiger partial charge in [0.15, 0.2) is 0 Å². The van der Waals surface area contributed by atoms with Gasteiger partial charge in [-0.2, -0.15) is 0 Å². The molecule has 2 N–H and O–H groups in total. The first kappa shape index (κ1) is 13.3. The standard InChI is InChI=1S/C16H21N3O/c1-11(17-13-8-7-12(9-13)10-20)16-18-14-5-3-4-6-15(14)19(16)2/h3-8,11-13,17,20H,9-10H2,1-2H3/t11-,12+,13-/m1/s1. The molecule has 0 amide bonds. The number of benzene rings is 1. The zero-order chi connectivity index (χ0) is 14.1. The Morgan fingerprint density at radius 1 is 1.40 bits per heavy atom. The number of aryl methyl sites for hydroxylation is 1. The van der Waals surface area contributed by atoms with Gasteiger partial charge in [-0.1, -0.05) is 24.3 Å². The van der Waals surface area contributed by atoms with E-state index >= 15 is 0 Å². The van der Waals surface area contributed by atoms with E-state index in [0.717, 1.165) is 23.3 Å². The molecule has 0 spiro atoms. The lowest BCUT2D eigenvalue weighted by molar-refractivity contribution is 0.244. The van der Waals surface area contributed by atoms with E-state index < -0.39 is 0 Å². The second-order valence-electron chi connectivity index (χ2n) is 5.58. The summed E-state index contributed by atoms with van der Waals surface area (Å²) in [6.45, 7) is 2.37. The molecular formula is C16H21N3O. The van der Waals surface area contributed by atoms with Gasteiger partial charge in [0.1, 0.15) is 5.82 Å². The van der Waals surface area contributed by atoms with Gasteiger partial charge in [0, 0.05) is 25.6 Å². The van der Waals surface area contributed by atoms with E-state index in [-0.39, 0.29) is 12.6 Å². The van der Waals surface area contributed by atoms with Gasteiger partial charge in [-0.05, 0) is 25.5 Å². The number of fused-ring (bicyclic) bond motifs is 1. The molecule has 1 heterocycles. The third-order valence-electron chi connectivity index (χ3n) is 4.08. The molecule has 106 valence electrons. The lowest BCUT2D eigenvalue weighted by Gasteiger charge is -2.19. The first-order chi connectivity index (χ1) is 9.69. The topological polar surface area (TPSA) is 50.1 Å². The van der Waals surface area contributed by atoms with Crippen LogP contribution in [0.5, 0.6) is 0 Å². The van der Waals surface area contributed by atoms with Crippen LogP contribution in [-0.4, -0.2) is 27.3 Å². The van der Waals surface area contributed by atoms with E-state index in [1.807, 2.05) is 18.2 Å². The van der Waals surface area contributed by atoms with Crippen LogP contribution in [0.3, 0.4) is 0 Å². The highest BCUT2D eigenvalue weighted by atomic mass is 16.3. The first-order valence-corrected chi connectivity index (χ1v) is 7.15. The van der Waals surface area contributed by atoms with Crippen LogP contribution in [0.15, 0.2) is 36.4 Å². The van der Waals surface area contributed by atoms with Crippen molar-refractivity contribution < 1.29 is 5.11 Å². The Morgan fingerprint density at radius 2 is 2.20 bits per heavy atom. The molecule has 20 heavy (non-hydrogen) atoms. The monoisotopic (exact) mass is 271 g/mol. The molecule has 0 saturated heterocycles. The normalized spacial score (nSPS) is 23.6. The summed E-state index contributed by atoms with van der Waals surface area (Å²) in [5.74, 6) is 1.34. The van der Waals surface area contributed by atoms with Crippen molar-refractivity contribution in [1.82, 2.24) is 14.9 Å². The van der Waals surface area contributed by atoms with Crippen LogP contribution < -0.4 is 5.32 Å². The molecule has 0 bridgehead atoms. The molecule has 4 heteroatoms. The number of para-hydroxylation sites is 2. The molecule has 3 atom stereocenters.